The first-order chi connectivity index (χ1) is 10.2. The predicted octanol–water partition coefficient (Wildman–Crippen LogP) is 4.77. The normalized spacial score (nSPS) is 15.5. The first kappa shape index (κ1) is 14.9. The number of nitrogens with zero attached hydrogens (tertiary/aromatic N) is 2. The van der Waals surface area contributed by atoms with Gasteiger partial charge in [0, 0.05) is 27.0 Å². The van der Waals surface area contributed by atoms with Crippen molar-refractivity contribution in [3.63, 3.8) is 0 Å². The third-order valence-corrected chi connectivity index (χ3v) is 5.80. The van der Waals surface area contributed by atoms with Crippen molar-refractivity contribution in [3.8, 4) is 0 Å². The lowest BCUT2D eigenvalue weighted by molar-refractivity contribution is 0.689. The van der Waals surface area contributed by atoms with E-state index in [4.69, 9.17) is 10.7 Å². The van der Waals surface area contributed by atoms with Crippen LogP contribution in [0.3, 0.4) is 0 Å². The van der Waals surface area contributed by atoms with E-state index in [2.05, 4.69) is 27.0 Å². The van der Waals surface area contributed by atoms with Crippen molar-refractivity contribution < 1.29 is 0 Å². The predicted molar refractivity (Wildman–Crippen MR) is 91.4 cm³/mol. The molecule has 3 nitrogen and oxygen atoms in total. The molecule has 110 valence electrons. The van der Waals surface area contributed by atoms with Gasteiger partial charge < -0.3 is 5.73 Å². The minimum Gasteiger partial charge on any atom is -0.384 e. The molecule has 0 saturated heterocycles. The molecule has 1 heterocycles. The first-order valence-corrected chi connectivity index (χ1v) is 9.01. The van der Waals surface area contributed by atoms with Crippen molar-refractivity contribution >= 4 is 33.5 Å². The highest BCUT2D eigenvalue weighted by molar-refractivity contribution is 9.10. The lowest BCUT2D eigenvalue weighted by atomic mass is 10.0. The highest BCUT2D eigenvalue weighted by Gasteiger charge is 2.19. The van der Waals surface area contributed by atoms with E-state index in [-0.39, 0.29) is 0 Å². The van der Waals surface area contributed by atoms with Gasteiger partial charge in [-0.1, -0.05) is 25.0 Å². The van der Waals surface area contributed by atoms with E-state index >= 15 is 0 Å². The fourth-order valence-corrected chi connectivity index (χ4v) is 4.16. The van der Waals surface area contributed by atoms with E-state index in [1.54, 1.807) is 11.8 Å². The molecule has 1 aromatic carbocycles. The van der Waals surface area contributed by atoms with Gasteiger partial charge in [0.15, 0.2) is 0 Å². The lowest BCUT2D eigenvalue weighted by Crippen LogP contribution is -2.05. The summed E-state index contributed by atoms with van der Waals surface area (Å²) in [4.78, 5) is 10.3. The number of nitrogens with two attached hydrogens (primary N) is 1. The number of halogens is 1. The second-order valence-electron chi connectivity index (χ2n) is 5.33. The summed E-state index contributed by atoms with van der Waals surface area (Å²) in [5, 5.41) is 0. The Kier molecular flexibility index (Phi) is 4.80. The maximum atomic E-state index is 5.96. The van der Waals surface area contributed by atoms with Crippen LogP contribution in [0.2, 0.25) is 0 Å². The van der Waals surface area contributed by atoms with Crippen LogP contribution in [-0.2, 0) is 5.75 Å². The van der Waals surface area contributed by atoms with Crippen LogP contribution in [0.25, 0.3) is 0 Å². The summed E-state index contributed by atoms with van der Waals surface area (Å²) >= 11 is 5.30. The number of rotatable bonds is 4. The molecule has 3 rings (SSSR count). The maximum absolute atomic E-state index is 5.96. The number of thioether (sulfide) groups is 1. The smallest absolute Gasteiger partial charge is 0.141 e. The molecule has 0 bridgehead atoms. The molecule has 0 aliphatic heterocycles. The molecule has 0 spiro atoms. The molecule has 2 N–H and O–H groups in total. The SMILES string of the molecule is Nc1cc(C2CCCC2)nc(CSc2ccccc2Br)n1. The van der Waals surface area contributed by atoms with Crippen LogP contribution >= 0.6 is 27.7 Å². The summed E-state index contributed by atoms with van der Waals surface area (Å²) in [7, 11) is 0. The molecule has 0 amide bonds. The molecule has 1 aliphatic rings. The Bertz CT molecular complexity index is 627. The number of aromatic nitrogens is 2. The maximum Gasteiger partial charge on any atom is 0.141 e. The summed E-state index contributed by atoms with van der Waals surface area (Å²) in [6, 6.07) is 10.1. The van der Waals surface area contributed by atoms with Gasteiger partial charge in [-0.3, -0.25) is 0 Å². The zero-order valence-electron chi connectivity index (χ0n) is 11.8. The minimum atomic E-state index is 0.572. The third-order valence-electron chi connectivity index (χ3n) is 3.78. The van der Waals surface area contributed by atoms with E-state index in [0.29, 0.717) is 11.7 Å². The Morgan fingerprint density at radius 3 is 2.71 bits per heavy atom. The highest BCUT2D eigenvalue weighted by atomic mass is 79.9. The van der Waals surface area contributed by atoms with E-state index in [9.17, 15) is 0 Å². The van der Waals surface area contributed by atoms with Gasteiger partial charge in [0.25, 0.3) is 0 Å². The monoisotopic (exact) mass is 363 g/mol. The second-order valence-corrected chi connectivity index (χ2v) is 7.21. The Morgan fingerprint density at radius 2 is 1.95 bits per heavy atom. The van der Waals surface area contributed by atoms with Gasteiger partial charge in [-0.05, 0) is 40.9 Å². The Labute approximate surface area is 137 Å². The fourth-order valence-electron chi connectivity index (χ4n) is 2.74. The van der Waals surface area contributed by atoms with Gasteiger partial charge in [-0.15, -0.1) is 11.8 Å². The zero-order valence-corrected chi connectivity index (χ0v) is 14.2. The first-order valence-electron chi connectivity index (χ1n) is 7.23. The molecule has 0 unspecified atom stereocenters. The topological polar surface area (TPSA) is 51.8 Å². The van der Waals surface area contributed by atoms with E-state index in [1.807, 2.05) is 24.3 Å². The van der Waals surface area contributed by atoms with Gasteiger partial charge in [0.05, 0.1) is 5.75 Å². The molecule has 0 atom stereocenters. The van der Waals surface area contributed by atoms with Gasteiger partial charge in [0.1, 0.15) is 11.6 Å². The van der Waals surface area contributed by atoms with Crippen molar-refractivity contribution in [2.24, 2.45) is 0 Å². The van der Waals surface area contributed by atoms with Gasteiger partial charge >= 0.3 is 0 Å². The minimum absolute atomic E-state index is 0.572. The number of nitrogen functional groups attached to an aromatic ring is 1. The van der Waals surface area contributed by atoms with Crippen LogP contribution in [0.1, 0.15) is 43.1 Å². The van der Waals surface area contributed by atoms with Gasteiger partial charge in [0.2, 0.25) is 0 Å². The summed E-state index contributed by atoms with van der Waals surface area (Å²) in [5.74, 6) is 2.74. The van der Waals surface area contributed by atoms with Crippen LogP contribution < -0.4 is 5.73 Å². The van der Waals surface area contributed by atoms with Crippen LogP contribution in [0.5, 0.6) is 0 Å². The Morgan fingerprint density at radius 1 is 1.19 bits per heavy atom. The Balaban J connectivity index is 1.74. The molecule has 1 fully saturated rings. The molecule has 21 heavy (non-hydrogen) atoms. The standard InChI is InChI=1S/C16H18BrN3S/c17-12-7-3-4-8-14(12)21-10-16-19-13(9-15(18)20-16)11-5-1-2-6-11/h3-4,7-9,11H,1-2,5-6,10H2,(H2,18,19,20). The quantitative estimate of drug-likeness (QED) is 0.794. The van der Waals surface area contributed by atoms with Crippen LogP contribution in [0, 0.1) is 0 Å². The molecule has 2 aromatic rings. The van der Waals surface area contributed by atoms with Crippen molar-refractivity contribution in [3.05, 3.63) is 46.3 Å². The molecule has 5 heteroatoms. The summed E-state index contributed by atoms with van der Waals surface area (Å²) < 4.78 is 1.11. The van der Waals surface area contributed by atoms with E-state index in [0.717, 1.165) is 21.7 Å². The average Bonchev–Trinajstić information content (AvgIpc) is 3.00. The molecular weight excluding hydrogens is 346 g/mol. The van der Waals surface area contributed by atoms with Crippen molar-refractivity contribution in [1.29, 1.82) is 0 Å². The van der Waals surface area contributed by atoms with E-state index < -0.39 is 0 Å². The molecule has 1 aliphatic carbocycles. The fraction of sp³-hybridized carbons (Fsp3) is 0.375. The zero-order chi connectivity index (χ0) is 14.7. The summed E-state index contributed by atoms with van der Waals surface area (Å²) in [6.45, 7) is 0. The van der Waals surface area contributed by atoms with Crippen molar-refractivity contribution in [2.75, 3.05) is 5.73 Å². The summed E-state index contributed by atoms with van der Waals surface area (Å²) in [6.07, 6.45) is 5.06. The van der Waals surface area contributed by atoms with Crippen molar-refractivity contribution in [1.82, 2.24) is 9.97 Å². The molecule has 0 radical (unpaired) electrons. The van der Waals surface area contributed by atoms with Crippen LogP contribution in [-0.4, -0.2) is 9.97 Å². The van der Waals surface area contributed by atoms with Crippen LogP contribution in [0.15, 0.2) is 39.7 Å². The highest BCUT2D eigenvalue weighted by Crippen LogP contribution is 2.34. The molecule has 1 saturated carbocycles. The Hall–Kier alpha value is -1.07. The van der Waals surface area contributed by atoms with Crippen LogP contribution in [0.4, 0.5) is 5.82 Å². The van der Waals surface area contributed by atoms with Gasteiger partial charge in [-0.2, -0.15) is 0 Å². The van der Waals surface area contributed by atoms with Crippen molar-refractivity contribution in [2.45, 2.75) is 42.2 Å². The lowest BCUT2D eigenvalue weighted by Gasteiger charge is -2.11. The largest absolute Gasteiger partial charge is 0.384 e. The summed E-state index contributed by atoms with van der Waals surface area (Å²) in [5.41, 5.74) is 7.08. The number of hydrogen-bond acceptors (Lipinski definition) is 4. The third kappa shape index (κ3) is 3.77. The number of hydrogen-bond donors (Lipinski definition) is 1. The number of anilines is 1. The average molecular weight is 364 g/mol. The van der Waals surface area contributed by atoms with Gasteiger partial charge in [-0.25, -0.2) is 9.97 Å². The van der Waals surface area contributed by atoms with E-state index in [1.165, 1.54) is 30.6 Å². The molecular formula is C16H18BrN3S. The molecule has 1 aromatic heterocycles. The number of benzene rings is 1. The second kappa shape index (κ2) is 6.79.